The Labute approximate surface area is 127 Å². The average Bonchev–Trinajstić information content (AvgIpc) is 3.04. The SMILES string of the molecule is CCC1CCC(NC(=O)CC2CNc3ccccc32)C1C. The first-order valence-corrected chi connectivity index (χ1v) is 8.31. The van der Waals surface area contributed by atoms with Gasteiger partial charge >= 0.3 is 0 Å². The lowest BCUT2D eigenvalue weighted by Gasteiger charge is -2.21. The second kappa shape index (κ2) is 6.08. The summed E-state index contributed by atoms with van der Waals surface area (Å²) in [6, 6.07) is 8.71. The second-order valence-corrected chi connectivity index (χ2v) is 6.65. The Morgan fingerprint density at radius 3 is 2.90 bits per heavy atom. The Morgan fingerprint density at radius 2 is 2.14 bits per heavy atom. The van der Waals surface area contributed by atoms with Gasteiger partial charge < -0.3 is 10.6 Å². The highest BCUT2D eigenvalue weighted by atomic mass is 16.1. The van der Waals surface area contributed by atoms with Gasteiger partial charge in [0, 0.05) is 30.6 Å². The largest absolute Gasteiger partial charge is 0.384 e. The van der Waals surface area contributed by atoms with Gasteiger partial charge in [0.15, 0.2) is 0 Å². The molecule has 2 aliphatic rings. The van der Waals surface area contributed by atoms with Gasteiger partial charge in [-0.05, 0) is 36.3 Å². The molecule has 1 aromatic rings. The van der Waals surface area contributed by atoms with E-state index >= 15 is 0 Å². The predicted molar refractivity (Wildman–Crippen MR) is 86.4 cm³/mol. The Balaban J connectivity index is 1.56. The molecule has 114 valence electrons. The van der Waals surface area contributed by atoms with E-state index in [2.05, 4.69) is 42.7 Å². The van der Waals surface area contributed by atoms with Gasteiger partial charge in [-0.2, -0.15) is 0 Å². The topological polar surface area (TPSA) is 41.1 Å². The molecule has 1 saturated carbocycles. The van der Waals surface area contributed by atoms with Crippen LogP contribution in [0, 0.1) is 11.8 Å². The van der Waals surface area contributed by atoms with Gasteiger partial charge in [-0.1, -0.05) is 38.5 Å². The molecule has 1 aromatic carbocycles. The molecule has 1 aliphatic carbocycles. The normalized spacial score (nSPS) is 30.8. The van der Waals surface area contributed by atoms with Crippen LogP contribution in [0.2, 0.25) is 0 Å². The smallest absolute Gasteiger partial charge is 0.220 e. The first-order chi connectivity index (χ1) is 10.2. The molecule has 0 spiro atoms. The molecule has 0 saturated heterocycles. The fourth-order valence-electron chi connectivity index (χ4n) is 4.06. The fraction of sp³-hybridized carbons (Fsp3) is 0.611. The van der Waals surface area contributed by atoms with Crippen molar-refractivity contribution in [3.63, 3.8) is 0 Å². The van der Waals surface area contributed by atoms with Crippen molar-refractivity contribution in [3.05, 3.63) is 29.8 Å². The molecular formula is C18H26N2O. The molecule has 21 heavy (non-hydrogen) atoms. The molecule has 0 radical (unpaired) electrons. The fourth-order valence-corrected chi connectivity index (χ4v) is 4.06. The van der Waals surface area contributed by atoms with Crippen molar-refractivity contribution in [1.29, 1.82) is 0 Å². The van der Waals surface area contributed by atoms with E-state index in [4.69, 9.17) is 0 Å². The van der Waals surface area contributed by atoms with Crippen LogP contribution in [-0.4, -0.2) is 18.5 Å². The van der Waals surface area contributed by atoms with E-state index in [9.17, 15) is 4.79 Å². The van der Waals surface area contributed by atoms with E-state index in [1.165, 1.54) is 24.1 Å². The third-order valence-electron chi connectivity index (χ3n) is 5.47. The number of carbonyl (C=O) groups is 1. The highest BCUT2D eigenvalue weighted by Gasteiger charge is 2.33. The summed E-state index contributed by atoms with van der Waals surface area (Å²) < 4.78 is 0. The molecule has 4 unspecified atom stereocenters. The number of hydrogen-bond donors (Lipinski definition) is 2. The zero-order valence-electron chi connectivity index (χ0n) is 13.1. The van der Waals surface area contributed by atoms with Crippen molar-refractivity contribution < 1.29 is 4.79 Å². The lowest BCUT2D eigenvalue weighted by Crippen LogP contribution is -2.38. The van der Waals surface area contributed by atoms with Crippen LogP contribution in [0.1, 0.15) is 51.0 Å². The summed E-state index contributed by atoms with van der Waals surface area (Å²) >= 11 is 0. The number of para-hydroxylation sites is 1. The number of anilines is 1. The first kappa shape index (κ1) is 14.4. The molecular weight excluding hydrogens is 260 g/mol. The van der Waals surface area contributed by atoms with Crippen molar-refractivity contribution >= 4 is 11.6 Å². The van der Waals surface area contributed by atoms with Crippen LogP contribution in [-0.2, 0) is 4.79 Å². The Kier molecular flexibility index (Phi) is 4.18. The van der Waals surface area contributed by atoms with E-state index in [0.717, 1.165) is 18.9 Å². The summed E-state index contributed by atoms with van der Waals surface area (Å²) in [6.45, 7) is 5.43. The van der Waals surface area contributed by atoms with Crippen molar-refractivity contribution in [2.24, 2.45) is 11.8 Å². The molecule has 1 fully saturated rings. The number of benzene rings is 1. The molecule has 1 amide bonds. The third-order valence-corrected chi connectivity index (χ3v) is 5.47. The number of carbonyl (C=O) groups excluding carboxylic acids is 1. The second-order valence-electron chi connectivity index (χ2n) is 6.65. The maximum atomic E-state index is 12.4. The maximum absolute atomic E-state index is 12.4. The van der Waals surface area contributed by atoms with Crippen LogP contribution < -0.4 is 10.6 Å². The molecule has 0 bridgehead atoms. The summed E-state index contributed by atoms with van der Waals surface area (Å²) in [4.78, 5) is 12.4. The molecule has 3 nitrogen and oxygen atoms in total. The van der Waals surface area contributed by atoms with Gasteiger partial charge in [0.1, 0.15) is 0 Å². The predicted octanol–water partition coefficient (Wildman–Crippen LogP) is 3.53. The average molecular weight is 286 g/mol. The molecule has 4 atom stereocenters. The highest BCUT2D eigenvalue weighted by molar-refractivity contribution is 5.78. The minimum absolute atomic E-state index is 0.215. The maximum Gasteiger partial charge on any atom is 0.220 e. The number of rotatable bonds is 4. The summed E-state index contributed by atoms with van der Waals surface area (Å²) in [6.07, 6.45) is 4.23. The number of hydrogen-bond acceptors (Lipinski definition) is 2. The Hall–Kier alpha value is -1.51. The standard InChI is InChI=1S/C18H26N2O/c1-3-13-8-9-16(12(13)2)20-18(21)10-14-11-19-17-7-5-4-6-15(14)17/h4-7,12-14,16,19H,3,8-11H2,1-2H3,(H,20,21). The van der Waals surface area contributed by atoms with Crippen molar-refractivity contribution in [2.45, 2.75) is 51.5 Å². The summed E-state index contributed by atoms with van der Waals surface area (Å²) in [5.41, 5.74) is 2.48. The van der Waals surface area contributed by atoms with E-state index in [-0.39, 0.29) is 5.91 Å². The highest BCUT2D eigenvalue weighted by Crippen LogP contribution is 2.35. The molecule has 1 heterocycles. The van der Waals surface area contributed by atoms with Gasteiger partial charge in [-0.15, -0.1) is 0 Å². The van der Waals surface area contributed by atoms with E-state index in [1.54, 1.807) is 0 Å². The first-order valence-electron chi connectivity index (χ1n) is 8.31. The zero-order valence-corrected chi connectivity index (χ0v) is 13.1. The number of amides is 1. The van der Waals surface area contributed by atoms with Gasteiger partial charge in [-0.3, -0.25) is 4.79 Å². The van der Waals surface area contributed by atoms with Crippen molar-refractivity contribution in [1.82, 2.24) is 5.32 Å². The van der Waals surface area contributed by atoms with Crippen LogP contribution in [0.25, 0.3) is 0 Å². The minimum atomic E-state index is 0.215. The Morgan fingerprint density at radius 1 is 1.33 bits per heavy atom. The van der Waals surface area contributed by atoms with Gasteiger partial charge in [0.25, 0.3) is 0 Å². The lowest BCUT2D eigenvalue weighted by molar-refractivity contribution is -0.122. The zero-order chi connectivity index (χ0) is 14.8. The Bertz CT molecular complexity index is 514. The molecule has 3 rings (SSSR count). The van der Waals surface area contributed by atoms with Gasteiger partial charge in [0.2, 0.25) is 5.91 Å². The quantitative estimate of drug-likeness (QED) is 0.889. The van der Waals surface area contributed by atoms with E-state index < -0.39 is 0 Å². The van der Waals surface area contributed by atoms with Crippen LogP contribution >= 0.6 is 0 Å². The lowest BCUT2D eigenvalue weighted by atomic mass is 9.93. The van der Waals surface area contributed by atoms with Crippen molar-refractivity contribution in [3.8, 4) is 0 Å². The van der Waals surface area contributed by atoms with Crippen LogP contribution in [0.15, 0.2) is 24.3 Å². The number of nitrogens with one attached hydrogen (secondary N) is 2. The molecule has 1 aliphatic heterocycles. The summed E-state index contributed by atoms with van der Waals surface area (Å²) in [5, 5.41) is 6.68. The van der Waals surface area contributed by atoms with Crippen LogP contribution in [0.4, 0.5) is 5.69 Å². The van der Waals surface area contributed by atoms with Crippen molar-refractivity contribution in [2.75, 3.05) is 11.9 Å². The van der Waals surface area contributed by atoms with E-state index in [1.807, 2.05) is 6.07 Å². The monoisotopic (exact) mass is 286 g/mol. The summed E-state index contributed by atoms with van der Waals surface area (Å²) in [7, 11) is 0. The van der Waals surface area contributed by atoms with Crippen LogP contribution in [0.3, 0.4) is 0 Å². The molecule has 0 aromatic heterocycles. The number of fused-ring (bicyclic) bond motifs is 1. The molecule has 3 heteroatoms. The van der Waals surface area contributed by atoms with E-state index in [0.29, 0.717) is 24.3 Å². The minimum Gasteiger partial charge on any atom is -0.384 e. The van der Waals surface area contributed by atoms with Gasteiger partial charge in [0.05, 0.1) is 0 Å². The van der Waals surface area contributed by atoms with Crippen LogP contribution in [0.5, 0.6) is 0 Å². The summed E-state index contributed by atoms with van der Waals surface area (Å²) in [5.74, 6) is 1.93. The third kappa shape index (κ3) is 2.92. The molecule has 2 N–H and O–H groups in total. The van der Waals surface area contributed by atoms with Gasteiger partial charge in [-0.25, -0.2) is 0 Å².